The molecule has 2 amide bonds. The van der Waals surface area contributed by atoms with Gasteiger partial charge in [0.05, 0.1) is 0 Å². The second kappa shape index (κ2) is 8.64. The number of aryl methyl sites for hydroxylation is 1. The second-order valence-electron chi connectivity index (χ2n) is 5.98. The van der Waals surface area contributed by atoms with Crippen molar-refractivity contribution in [3.05, 3.63) is 65.2 Å². The zero-order chi connectivity index (χ0) is 17.5. The fraction of sp³-hybridized carbons (Fsp3) is 0.316. The molecule has 0 heterocycles. The van der Waals surface area contributed by atoms with E-state index in [0.717, 1.165) is 10.5 Å². The summed E-state index contributed by atoms with van der Waals surface area (Å²) in [5.41, 5.74) is 3.42. The predicted octanol–water partition coefficient (Wildman–Crippen LogP) is 3.34. The van der Waals surface area contributed by atoms with E-state index in [-0.39, 0.29) is 11.9 Å². The van der Waals surface area contributed by atoms with Gasteiger partial charge in [-0.3, -0.25) is 4.21 Å². The van der Waals surface area contributed by atoms with Crippen molar-refractivity contribution in [2.45, 2.75) is 31.2 Å². The standard InChI is InChI=1S/C19H24N2O2S/c1-14-5-4-6-17(11-14)15(2)12-20-19(22)21-13-16-7-9-18(10-8-16)24(3)23/h4-11,15H,12-13H2,1-3H3,(H2,20,21,22)/t15-,24-/m1/s1. The molecule has 0 fully saturated rings. The Labute approximate surface area is 146 Å². The van der Waals surface area contributed by atoms with E-state index >= 15 is 0 Å². The minimum Gasteiger partial charge on any atom is -0.338 e. The lowest BCUT2D eigenvalue weighted by molar-refractivity contribution is 0.240. The van der Waals surface area contributed by atoms with Gasteiger partial charge in [-0.25, -0.2) is 4.79 Å². The van der Waals surface area contributed by atoms with Gasteiger partial charge in [-0.2, -0.15) is 0 Å². The summed E-state index contributed by atoms with van der Waals surface area (Å²) < 4.78 is 11.3. The fourth-order valence-corrected chi connectivity index (χ4v) is 2.90. The first-order valence-electron chi connectivity index (χ1n) is 7.96. The Kier molecular flexibility index (Phi) is 6.55. The molecular weight excluding hydrogens is 320 g/mol. The molecule has 2 aromatic rings. The van der Waals surface area contributed by atoms with Crippen molar-refractivity contribution in [2.75, 3.05) is 12.8 Å². The van der Waals surface area contributed by atoms with Crippen molar-refractivity contribution in [3.8, 4) is 0 Å². The third-order valence-electron chi connectivity index (χ3n) is 3.89. The summed E-state index contributed by atoms with van der Waals surface area (Å²) in [6.45, 7) is 5.19. The summed E-state index contributed by atoms with van der Waals surface area (Å²) in [5, 5.41) is 5.74. The predicted molar refractivity (Wildman–Crippen MR) is 98.6 cm³/mol. The van der Waals surface area contributed by atoms with E-state index in [9.17, 15) is 9.00 Å². The molecule has 2 atom stereocenters. The third-order valence-corrected chi connectivity index (χ3v) is 4.82. The highest BCUT2D eigenvalue weighted by atomic mass is 32.2. The summed E-state index contributed by atoms with van der Waals surface area (Å²) in [7, 11) is -0.978. The van der Waals surface area contributed by atoms with Gasteiger partial charge >= 0.3 is 6.03 Å². The molecule has 0 radical (unpaired) electrons. The minimum atomic E-state index is -0.978. The molecule has 4 nitrogen and oxygen atoms in total. The number of urea groups is 1. The van der Waals surface area contributed by atoms with Crippen molar-refractivity contribution in [1.82, 2.24) is 10.6 Å². The number of benzene rings is 2. The zero-order valence-electron chi connectivity index (χ0n) is 14.3. The quantitative estimate of drug-likeness (QED) is 0.844. The Morgan fingerprint density at radius 1 is 1.12 bits per heavy atom. The van der Waals surface area contributed by atoms with Crippen LogP contribution in [0.4, 0.5) is 4.79 Å². The molecule has 0 aliphatic heterocycles. The van der Waals surface area contributed by atoms with Crippen LogP contribution < -0.4 is 10.6 Å². The van der Waals surface area contributed by atoms with Crippen LogP contribution in [0.25, 0.3) is 0 Å². The Morgan fingerprint density at radius 3 is 2.46 bits per heavy atom. The van der Waals surface area contributed by atoms with Crippen molar-refractivity contribution in [3.63, 3.8) is 0 Å². The van der Waals surface area contributed by atoms with Gasteiger partial charge in [-0.15, -0.1) is 0 Å². The number of amides is 2. The van der Waals surface area contributed by atoms with Crippen molar-refractivity contribution in [2.24, 2.45) is 0 Å². The van der Waals surface area contributed by atoms with Crippen LogP contribution in [0.5, 0.6) is 0 Å². The molecule has 24 heavy (non-hydrogen) atoms. The highest BCUT2D eigenvalue weighted by Crippen LogP contribution is 2.15. The molecule has 2 N–H and O–H groups in total. The van der Waals surface area contributed by atoms with Gasteiger partial charge in [0, 0.05) is 35.0 Å². The molecule has 128 valence electrons. The molecule has 0 aliphatic carbocycles. The van der Waals surface area contributed by atoms with Crippen molar-refractivity contribution >= 4 is 16.8 Å². The van der Waals surface area contributed by atoms with Gasteiger partial charge in [0.25, 0.3) is 0 Å². The minimum absolute atomic E-state index is 0.183. The SMILES string of the molecule is Cc1cccc([C@H](C)CNC(=O)NCc2ccc([S@@](C)=O)cc2)c1. The first-order chi connectivity index (χ1) is 11.5. The highest BCUT2D eigenvalue weighted by Gasteiger charge is 2.08. The van der Waals surface area contributed by atoms with E-state index in [2.05, 4.69) is 42.7 Å². The molecule has 0 spiro atoms. The fourth-order valence-electron chi connectivity index (χ4n) is 2.38. The molecular formula is C19H24N2O2S. The molecule has 0 aliphatic rings. The molecule has 0 unspecified atom stereocenters. The molecule has 0 bridgehead atoms. The Bertz CT molecular complexity index is 714. The average Bonchev–Trinajstić information content (AvgIpc) is 2.58. The monoisotopic (exact) mass is 344 g/mol. The maximum Gasteiger partial charge on any atom is 0.315 e. The second-order valence-corrected chi connectivity index (χ2v) is 7.36. The van der Waals surface area contributed by atoms with E-state index in [1.54, 1.807) is 6.26 Å². The Morgan fingerprint density at radius 2 is 1.83 bits per heavy atom. The molecule has 5 heteroatoms. The van der Waals surface area contributed by atoms with E-state index in [1.165, 1.54) is 11.1 Å². The maximum atomic E-state index is 11.9. The number of rotatable bonds is 6. The van der Waals surface area contributed by atoms with Crippen LogP contribution in [-0.2, 0) is 17.3 Å². The molecule has 0 saturated carbocycles. The van der Waals surface area contributed by atoms with Gasteiger partial charge in [0.15, 0.2) is 0 Å². The van der Waals surface area contributed by atoms with Crippen LogP contribution >= 0.6 is 0 Å². The lowest BCUT2D eigenvalue weighted by atomic mass is 9.99. The van der Waals surface area contributed by atoms with E-state index in [0.29, 0.717) is 13.1 Å². The first-order valence-corrected chi connectivity index (χ1v) is 9.52. The van der Waals surface area contributed by atoms with Crippen LogP contribution in [0, 0.1) is 6.92 Å². The molecule has 2 rings (SSSR count). The van der Waals surface area contributed by atoms with Crippen molar-refractivity contribution < 1.29 is 9.00 Å². The number of carbonyl (C=O) groups excluding carboxylic acids is 1. The van der Waals surface area contributed by atoms with Crippen molar-refractivity contribution in [1.29, 1.82) is 0 Å². The average molecular weight is 344 g/mol. The van der Waals surface area contributed by atoms with Crippen LogP contribution in [0.2, 0.25) is 0 Å². The van der Waals surface area contributed by atoms with Gasteiger partial charge in [0.2, 0.25) is 0 Å². The summed E-state index contributed by atoms with van der Waals surface area (Å²) in [6, 6.07) is 15.6. The van der Waals surface area contributed by atoms with Gasteiger partial charge in [-0.1, -0.05) is 48.9 Å². The van der Waals surface area contributed by atoms with Crippen LogP contribution in [-0.4, -0.2) is 23.0 Å². The lowest BCUT2D eigenvalue weighted by Gasteiger charge is -2.14. The van der Waals surface area contributed by atoms with Gasteiger partial charge in [-0.05, 0) is 36.1 Å². The largest absolute Gasteiger partial charge is 0.338 e. The number of hydrogen-bond donors (Lipinski definition) is 2. The van der Waals surface area contributed by atoms with E-state index in [1.807, 2.05) is 30.3 Å². The normalized spacial score (nSPS) is 13.1. The highest BCUT2D eigenvalue weighted by molar-refractivity contribution is 7.84. The van der Waals surface area contributed by atoms with Crippen LogP contribution in [0.15, 0.2) is 53.4 Å². The third kappa shape index (κ3) is 5.49. The lowest BCUT2D eigenvalue weighted by Crippen LogP contribution is -2.37. The molecule has 0 saturated heterocycles. The molecule has 0 aromatic heterocycles. The smallest absolute Gasteiger partial charge is 0.315 e. The number of nitrogens with one attached hydrogen (secondary N) is 2. The number of carbonyl (C=O) groups is 1. The van der Waals surface area contributed by atoms with E-state index in [4.69, 9.17) is 0 Å². The topological polar surface area (TPSA) is 58.2 Å². The first kappa shape index (κ1) is 18.2. The Hall–Kier alpha value is -2.14. The van der Waals surface area contributed by atoms with Gasteiger partial charge < -0.3 is 10.6 Å². The van der Waals surface area contributed by atoms with E-state index < -0.39 is 10.8 Å². The number of hydrogen-bond acceptors (Lipinski definition) is 2. The van der Waals surface area contributed by atoms with Crippen LogP contribution in [0.1, 0.15) is 29.5 Å². The Balaban J connectivity index is 1.78. The van der Waals surface area contributed by atoms with Crippen LogP contribution in [0.3, 0.4) is 0 Å². The summed E-state index contributed by atoms with van der Waals surface area (Å²) in [5.74, 6) is 0.259. The summed E-state index contributed by atoms with van der Waals surface area (Å²) >= 11 is 0. The summed E-state index contributed by atoms with van der Waals surface area (Å²) in [4.78, 5) is 12.7. The van der Waals surface area contributed by atoms with Gasteiger partial charge in [0.1, 0.15) is 0 Å². The summed E-state index contributed by atoms with van der Waals surface area (Å²) in [6.07, 6.45) is 1.65. The maximum absolute atomic E-state index is 11.9. The zero-order valence-corrected chi connectivity index (χ0v) is 15.2. The molecule has 2 aromatic carbocycles.